The van der Waals surface area contributed by atoms with E-state index in [-0.39, 0.29) is 0 Å². The van der Waals surface area contributed by atoms with E-state index >= 15 is 0 Å². The monoisotopic (exact) mass is 281 g/mol. The highest BCUT2D eigenvalue weighted by Crippen LogP contribution is 2.20. The van der Waals surface area contributed by atoms with Crippen LogP contribution in [0.5, 0.6) is 0 Å². The normalized spacial score (nSPS) is 11.1. The number of nitrogens with one attached hydrogen (secondary N) is 1. The van der Waals surface area contributed by atoms with Gasteiger partial charge in [-0.2, -0.15) is 11.8 Å². The molecule has 0 saturated carbocycles. The fraction of sp³-hybridized carbons (Fsp3) is 0.733. The summed E-state index contributed by atoms with van der Waals surface area (Å²) in [5, 5.41) is 3.43. The van der Waals surface area contributed by atoms with Crippen LogP contribution in [0.4, 0.5) is 5.82 Å². The summed E-state index contributed by atoms with van der Waals surface area (Å²) in [6.07, 6.45) is 2.10. The molecule has 0 saturated heterocycles. The topological polar surface area (TPSA) is 37.8 Å². The summed E-state index contributed by atoms with van der Waals surface area (Å²) in [7, 11) is 0. The van der Waals surface area contributed by atoms with Crippen LogP contribution in [0.1, 0.15) is 51.2 Å². The summed E-state index contributed by atoms with van der Waals surface area (Å²) >= 11 is 1.92. The molecule has 0 aromatic carbocycles. The Bertz CT molecular complexity index is 391. The van der Waals surface area contributed by atoms with Gasteiger partial charge in [-0.1, -0.05) is 27.7 Å². The zero-order valence-corrected chi connectivity index (χ0v) is 13.7. The van der Waals surface area contributed by atoms with Gasteiger partial charge in [0.2, 0.25) is 0 Å². The highest BCUT2D eigenvalue weighted by Gasteiger charge is 2.10. The van der Waals surface area contributed by atoms with Crippen molar-refractivity contribution >= 4 is 17.6 Å². The number of rotatable bonds is 8. The summed E-state index contributed by atoms with van der Waals surface area (Å²) < 4.78 is 0. The van der Waals surface area contributed by atoms with Crippen LogP contribution in [0.25, 0.3) is 0 Å². The molecule has 1 aromatic rings. The fourth-order valence-corrected chi connectivity index (χ4v) is 2.82. The molecule has 0 amide bonds. The van der Waals surface area contributed by atoms with Crippen molar-refractivity contribution in [1.82, 2.24) is 9.97 Å². The lowest BCUT2D eigenvalue weighted by Crippen LogP contribution is -2.10. The van der Waals surface area contributed by atoms with Crippen molar-refractivity contribution in [2.45, 2.75) is 53.2 Å². The number of aromatic nitrogens is 2. The molecule has 1 N–H and O–H groups in total. The standard InChI is InChI=1S/C15H27N3S/c1-6-8-16-15-13(7-2)12(5)17-14(18-15)10-19-9-11(3)4/h11H,6-10H2,1-5H3,(H,16,17,18). The highest BCUT2D eigenvalue weighted by molar-refractivity contribution is 7.98. The fourth-order valence-electron chi connectivity index (χ4n) is 1.92. The molecule has 1 aromatic heterocycles. The van der Waals surface area contributed by atoms with Gasteiger partial charge in [0.15, 0.2) is 0 Å². The van der Waals surface area contributed by atoms with E-state index in [2.05, 4.69) is 44.9 Å². The van der Waals surface area contributed by atoms with Gasteiger partial charge in [0.1, 0.15) is 11.6 Å². The minimum atomic E-state index is 0.721. The van der Waals surface area contributed by atoms with Crippen LogP contribution in [0.15, 0.2) is 0 Å². The molecule has 0 aliphatic rings. The van der Waals surface area contributed by atoms with Crippen LogP contribution in [0.2, 0.25) is 0 Å². The lowest BCUT2D eigenvalue weighted by molar-refractivity contribution is 0.749. The predicted octanol–water partition coefficient (Wildman–Crippen LogP) is 4.06. The first kappa shape index (κ1) is 16.3. The molecular weight excluding hydrogens is 254 g/mol. The van der Waals surface area contributed by atoms with E-state index in [1.54, 1.807) is 0 Å². The third-order valence-electron chi connectivity index (χ3n) is 2.84. The van der Waals surface area contributed by atoms with Crippen LogP contribution < -0.4 is 5.32 Å². The molecule has 1 rings (SSSR count). The number of hydrogen-bond acceptors (Lipinski definition) is 4. The molecule has 0 fully saturated rings. The molecule has 0 aliphatic carbocycles. The van der Waals surface area contributed by atoms with Crippen LogP contribution in [-0.4, -0.2) is 22.3 Å². The maximum Gasteiger partial charge on any atom is 0.140 e. The summed E-state index contributed by atoms with van der Waals surface area (Å²) in [6, 6.07) is 0. The molecule has 0 bridgehead atoms. The second-order valence-electron chi connectivity index (χ2n) is 5.24. The molecule has 3 nitrogen and oxygen atoms in total. The van der Waals surface area contributed by atoms with Gasteiger partial charge in [-0.05, 0) is 31.4 Å². The third-order valence-corrected chi connectivity index (χ3v) is 4.20. The second kappa shape index (κ2) is 8.41. The van der Waals surface area contributed by atoms with Crippen molar-refractivity contribution in [3.05, 3.63) is 17.1 Å². The summed E-state index contributed by atoms with van der Waals surface area (Å²) in [6.45, 7) is 11.9. The van der Waals surface area contributed by atoms with Crippen LogP contribution in [0, 0.1) is 12.8 Å². The Balaban J connectivity index is 2.79. The van der Waals surface area contributed by atoms with Crippen LogP contribution in [0.3, 0.4) is 0 Å². The van der Waals surface area contributed by atoms with E-state index < -0.39 is 0 Å². The zero-order valence-electron chi connectivity index (χ0n) is 12.9. The van der Waals surface area contributed by atoms with E-state index in [0.717, 1.165) is 54.1 Å². The van der Waals surface area contributed by atoms with E-state index in [4.69, 9.17) is 4.98 Å². The predicted molar refractivity (Wildman–Crippen MR) is 85.9 cm³/mol. The van der Waals surface area contributed by atoms with Gasteiger partial charge in [0, 0.05) is 17.8 Å². The number of aryl methyl sites for hydroxylation is 1. The smallest absolute Gasteiger partial charge is 0.140 e. The van der Waals surface area contributed by atoms with Gasteiger partial charge in [0.05, 0.1) is 5.75 Å². The molecule has 0 atom stereocenters. The van der Waals surface area contributed by atoms with Gasteiger partial charge < -0.3 is 5.32 Å². The van der Waals surface area contributed by atoms with Crippen molar-refractivity contribution < 1.29 is 0 Å². The average molecular weight is 281 g/mol. The SMILES string of the molecule is CCCNc1nc(CSCC(C)C)nc(C)c1CC. The lowest BCUT2D eigenvalue weighted by Gasteiger charge is -2.13. The summed E-state index contributed by atoms with van der Waals surface area (Å²) in [5.74, 6) is 4.79. The second-order valence-corrected chi connectivity index (χ2v) is 6.27. The quantitative estimate of drug-likeness (QED) is 0.780. The van der Waals surface area contributed by atoms with Gasteiger partial charge in [-0.15, -0.1) is 0 Å². The van der Waals surface area contributed by atoms with Gasteiger partial charge in [0.25, 0.3) is 0 Å². The van der Waals surface area contributed by atoms with Crippen molar-refractivity contribution in [2.24, 2.45) is 5.92 Å². The first-order valence-electron chi connectivity index (χ1n) is 7.26. The lowest BCUT2D eigenvalue weighted by atomic mass is 10.1. The average Bonchev–Trinajstić information content (AvgIpc) is 2.35. The maximum atomic E-state index is 4.70. The number of thioether (sulfide) groups is 1. The van der Waals surface area contributed by atoms with E-state index in [9.17, 15) is 0 Å². The highest BCUT2D eigenvalue weighted by atomic mass is 32.2. The van der Waals surface area contributed by atoms with Crippen LogP contribution in [-0.2, 0) is 12.2 Å². The molecule has 4 heteroatoms. The molecule has 0 radical (unpaired) electrons. The van der Waals surface area contributed by atoms with Crippen LogP contribution >= 0.6 is 11.8 Å². The van der Waals surface area contributed by atoms with E-state index in [0.29, 0.717) is 0 Å². The first-order chi connectivity index (χ1) is 9.08. The Labute approximate surface area is 122 Å². The zero-order chi connectivity index (χ0) is 14.3. The third kappa shape index (κ3) is 5.39. The molecular formula is C15H27N3S. The van der Waals surface area contributed by atoms with E-state index in [1.165, 1.54) is 5.56 Å². The summed E-state index contributed by atoms with van der Waals surface area (Å²) in [4.78, 5) is 9.33. The van der Waals surface area contributed by atoms with Crippen molar-refractivity contribution in [1.29, 1.82) is 0 Å². The van der Waals surface area contributed by atoms with Gasteiger partial charge >= 0.3 is 0 Å². The van der Waals surface area contributed by atoms with Crippen molar-refractivity contribution in [3.8, 4) is 0 Å². The molecule has 19 heavy (non-hydrogen) atoms. The Morgan fingerprint density at radius 3 is 2.53 bits per heavy atom. The molecule has 108 valence electrons. The number of hydrogen-bond donors (Lipinski definition) is 1. The van der Waals surface area contributed by atoms with Crippen molar-refractivity contribution in [2.75, 3.05) is 17.6 Å². The molecule has 0 spiro atoms. The largest absolute Gasteiger partial charge is 0.370 e. The van der Waals surface area contributed by atoms with Gasteiger partial charge in [-0.25, -0.2) is 9.97 Å². The minimum Gasteiger partial charge on any atom is -0.370 e. The number of nitrogens with zero attached hydrogens (tertiary/aromatic N) is 2. The van der Waals surface area contributed by atoms with E-state index in [1.807, 2.05) is 11.8 Å². The molecule has 0 unspecified atom stereocenters. The maximum absolute atomic E-state index is 4.70. The first-order valence-corrected chi connectivity index (χ1v) is 8.41. The Morgan fingerprint density at radius 2 is 1.95 bits per heavy atom. The molecule has 1 heterocycles. The minimum absolute atomic E-state index is 0.721. The number of anilines is 1. The Hall–Kier alpha value is -0.770. The Kier molecular flexibility index (Phi) is 7.21. The summed E-state index contributed by atoms with van der Waals surface area (Å²) in [5.41, 5.74) is 2.38. The molecule has 0 aliphatic heterocycles. The van der Waals surface area contributed by atoms with Gasteiger partial charge in [-0.3, -0.25) is 0 Å². The van der Waals surface area contributed by atoms with Crippen molar-refractivity contribution in [3.63, 3.8) is 0 Å². The Morgan fingerprint density at radius 1 is 1.21 bits per heavy atom.